The summed E-state index contributed by atoms with van der Waals surface area (Å²) in [6.45, 7) is 8.03. The molecule has 1 aromatic heterocycles. The van der Waals surface area contributed by atoms with Crippen molar-refractivity contribution in [3.63, 3.8) is 0 Å². The second-order valence-corrected chi connectivity index (χ2v) is 6.23. The number of hydrogen-bond donors (Lipinski definition) is 1. The molecule has 0 fully saturated rings. The Hall–Kier alpha value is -2.11. The fourth-order valence-corrected chi connectivity index (χ4v) is 2.09. The number of carbonyl (C=O) groups excluding carboxylic acids is 1. The molecule has 0 saturated carbocycles. The lowest BCUT2D eigenvalue weighted by Crippen LogP contribution is -2.47. The monoisotopic (exact) mass is 304 g/mol. The summed E-state index contributed by atoms with van der Waals surface area (Å²) in [6.07, 6.45) is 2.33. The van der Waals surface area contributed by atoms with E-state index in [9.17, 15) is 4.79 Å². The van der Waals surface area contributed by atoms with Crippen molar-refractivity contribution in [2.45, 2.75) is 32.8 Å². The third kappa shape index (κ3) is 5.35. The lowest BCUT2D eigenvalue weighted by Gasteiger charge is -2.29. The molecule has 6 heteroatoms. The highest BCUT2D eigenvalue weighted by Crippen LogP contribution is 2.10. The highest BCUT2D eigenvalue weighted by atomic mass is 16.6. The molecule has 1 aliphatic rings. The molecule has 0 unspecified atom stereocenters. The van der Waals surface area contributed by atoms with Crippen molar-refractivity contribution in [1.29, 1.82) is 0 Å². The summed E-state index contributed by atoms with van der Waals surface area (Å²) in [5.74, 6) is 0.827. The summed E-state index contributed by atoms with van der Waals surface area (Å²) in [5.41, 5.74) is 0.563. The molecule has 0 bridgehead atoms. The summed E-state index contributed by atoms with van der Waals surface area (Å²) in [7, 11) is 0. The molecule has 2 rings (SSSR count). The van der Waals surface area contributed by atoms with E-state index in [0.29, 0.717) is 19.6 Å². The molecule has 1 aliphatic heterocycles. The molecule has 120 valence electrons. The highest BCUT2D eigenvalue weighted by Gasteiger charge is 2.24. The number of rotatable bonds is 3. The van der Waals surface area contributed by atoms with Gasteiger partial charge in [0.05, 0.1) is 13.1 Å². The van der Waals surface area contributed by atoms with E-state index in [2.05, 4.69) is 15.3 Å². The Morgan fingerprint density at radius 1 is 1.41 bits per heavy atom. The van der Waals surface area contributed by atoms with Crippen LogP contribution in [0.2, 0.25) is 0 Å². The number of nitrogens with zero attached hydrogens (tertiary/aromatic N) is 3. The van der Waals surface area contributed by atoms with E-state index in [-0.39, 0.29) is 6.09 Å². The molecule has 0 aliphatic carbocycles. The second kappa shape index (κ2) is 7.24. The van der Waals surface area contributed by atoms with E-state index in [4.69, 9.17) is 4.74 Å². The summed E-state index contributed by atoms with van der Waals surface area (Å²) < 4.78 is 5.39. The van der Waals surface area contributed by atoms with Crippen molar-refractivity contribution in [1.82, 2.24) is 15.2 Å². The maximum absolute atomic E-state index is 12.1. The molecule has 0 radical (unpaired) electrons. The first kappa shape index (κ1) is 16.3. The van der Waals surface area contributed by atoms with Crippen LogP contribution in [0.3, 0.4) is 0 Å². The van der Waals surface area contributed by atoms with E-state index in [1.807, 2.05) is 39.0 Å². The number of amidine groups is 1. The van der Waals surface area contributed by atoms with Crippen LogP contribution in [0.15, 0.2) is 29.4 Å². The first-order valence-electron chi connectivity index (χ1n) is 7.59. The van der Waals surface area contributed by atoms with Gasteiger partial charge in [0.25, 0.3) is 0 Å². The zero-order chi connectivity index (χ0) is 16.0. The van der Waals surface area contributed by atoms with Gasteiger partial charge in [0, 0.05) is 31.4 Å². The van der Waals surface area contributed by atoms with Gasteiger partial charge in [-0.15, -0.1) is 0 Å². The minimum Gasteiger partial charge on any atom is -0.444 e. The van der Waals surface area contributed by atoms with Crippen molar-refractivity contribution in [3.05, 3.63) is 30.1 Å². The lowest BCUT2D eigenvalue weighted by atomic mass is 10.2. The van der Waals surface area contributed by atoms with E-state index in [0.717, 1.165) is 24.5 Å². The number of aromatic nitrogens is 1. The second-order valence-electron chi connectivity index (χ2n) is 6.23. The molecular formula is C16H24N4O2. The highest BCUT2D eigenvalue weighted by molar-refractivity contribution is 5.87. The quantitative estimate of drug-likeness (QED) is 0.925. The van der Waals surface area contributed by atoms with E-state index >= 15 is 0 Å². The van der Waals surface area contributed by atoms with Gasteiger partial charge in [-0.3, -0.25) is 14.9 Å². The number of hydrogen-bond acceptors (Lipinski definition) is 5. The molecule has 22 heavy (non-hydrogen) atoms. The average Bonchev–Trinajstić information content (AvgIpc) is 2.47. The zero-order valence-electron chi connectivity index (χ0n) is 13.5. The molecule has 0 atom stereocenters. The number of ether oxygens (including phenoxy) is 1. The van der Waals surface area contributed by atoms with Gasteiger partial charge in [0.15, 0.2) is 0 Å². The van der Waals surface area contributed by atoms with Gasteiger partial charge in [-0.05, 0) is 32.9 Å². The molecule has 1 N–H and O–H groups in total. The average molecular weight is 304 g/mol. The number of pyridine rings is 1. The van der Waals surface area contributed by atoms with Gasteiger partial charge >= 0.3 is 6.09 Å². The predicted molar refractivity (Wildman–Crippen MR) is 86.1 cm³/mol. The lowest BCUT2D eigenvalue weighted by molar-refractivity contribution is 0.0276. The molecule has 0 spiro atoms. The summed E-state index contributed by atoms with van der Waals surface area (Å²) >= 11 is 0. The van der Waals surface area contributed by atoms with Crippen LogP contribution < -0.4 is 5.32 Å². The maximum atomic E-state index is 12.1. The van der Waals surface area contributed by atoms with E-state index in [1.165, 1.54) is 0 Å². The SMILES string of the molecule is CC(C)(C)OC(=O)N1CCN=C(NCCc2ccccn2)C1. The van der Waals surface area contributed by atoms with Gasteiger partial charge in [0.2, 0.25) is 0 Å². The molecule has 2 heterocycles. The number of amides is 1. The molecule has 0 saturated heterocycles. The number of aliphatic imine (C=N–C) groups is 1. The smallest absolute Gasteiger partial charge is 0.410 e. The fraction of sp³-hybridized carbons (Fsp3) is 0.562. The van der Waals surface area contributed by atoms with E-state index < -0.39 is 5.60 Å². The van der Waals surface area contributed by atoms with Crippen LogP contribution >= 0.6 is 0 Å². The Labute approximate surface area is 131 Å². The summed E-state index contributed by atoms with van der Waals surface area (Å²) in [6, 6.07) is 5.88. The van der Waals surface area contributed by atoms with Gasteiger partial charge in [0.1, 0.15) is 11.4 Å². The summed E-state index contributed by atoms with van der Waals surface area (Å²) in [5, 5.41) is 3.28. The minimum absolute atomic E-state index is 0.286. The predicted octanol–water partition coefficient (Wildman–Crippen LogP) is 1.86. The van der Waals surface area contributed by atoms with Gasteiger partial charge in [-0.2, -0.15) is 0 Å². The van der Waals surface area contributed by atoms with Crippen molar-refractivity contribution in [2.75, 3.05) is 26.2 Å². The standard InChI is InChI=1S/C16H24N4O2/c1-16(2,3)22-15(21)20-11-10-19-14(12-20)18-9-7-13-6-4-5-8-17-13/h4-6,8H,7,9-12H2,1-3H3,(H,18,19). The molecule has 1 aromatic rings. The van der Waals surface area contributed by atoms with Crippen LogP contribution in [-0.2, 0) is 11.2 Å². The van der Waals surface area contributed by atoms with Crippen LogP contribution in [-0.4, -0.2) is 53.6 Å². The van der Waals surface area contributed by atoms with Crippen LogP contribution in [0.25, 0.3) is 0 Å². The van der Waals surface area contributed by atoms with Crippen LogP contribution in [0.5, 0.6) is 0 Å². The van der Waals surface area contributed by atoms with Crippen molar-refractivity contribution in [3.8, 4) is 0 Å². The molecule has 1 amide bonds. The molecule has 6 nitrogen and oxygen atoms in total. The van der Waals surface area contributed by atoms with Gasteiger partial charge in [-0.1, -0.05) is 6.07 Å². The normalized spacial score (nSPS) is 15.2. The van der Waals surface area contributed by atoms with Gasteiger partial charge in [-0.25, -0.2) is 4.79 Å². The third-order valence-electron chi connectivity index (χ3n) is 3.10. The maximum Gasteiger partial charge on any atom is 0.410 e. The Morgan fingerprint density at radius 3 is 2.91 bits per heavy atom. The van der Waals surface area contributed by atoms with Crippen molar-refractivity contribution in [2.24, 2.45) is 4.99 Å². The summed E-state index contributed by atoms with van der Waals surface area (Å²) in [4.78, 5) is 22.5. The Bertz CT molecular complexity index is 523. The van der Waals surface area contributed by atoms with Crippen molar-refractivity contribution < 1.29 is 9.53 Å². The minimum atomic E-state index is -0.474. The fourth-order valence-electron chi connectivity index (χ4n) is 2.09. The molecular weight excluding hydrogens is 280 g/mol. The van der Waals surface area contributed by atoms with Crippen LogP contribution in [0.1, 0.15) is 26.5 Å². The largest absolute Gasteiger partial charge is 0.444 e. The van der Waals surface area contributed by atoms with Crippen molar-refractivity contribution >= 4 is 11.9 Å². The van der Waals surface area contributed by atoms with Gasteiger partial charge < -0.3 is 10.1 Å². The first-order valence-corrected chi connectivity index (χ1v) is 7.59. The van der Waals surface area contributed by atoms with E-state index in [1.54, 1.807) is 11.1 Å². The Balaban J connectivity index is 1.78. The Morgan fingerprint density at radius 2 is 2.23 bits per heavy atom. The zero-order valence-corrected chi connectivity index (χ0v) is 13.5. The number of carbonyl (C=O) groups is 1. The third-order valence-corrected chi connectivity index (χ3v) is 3.10. The molecule has 0 aromatic carbocycles. The first-order chi connectivity index (χ1) is 10.4. The Kier molecular flexibility index (Phi) is 5.35. The number of nitrogens with one attached hydrogen (secondary N) is 1. The van der Waals surface area contributed by atoms with Crippen LogP contribution in [0, 0.1) is 0 Å². The topological polar surface area (TPSA) is 66.8 Å². The van der Waals surface area contributed by atoms with Crippen LogP contribution in [0.4, 0.5) is 4.79 Å².